The number of hydrogen-bond acceptors (Lipinski definition) is 4. The van der Waals surface area contributed by atoms with Crippen molar-refractivity contribution in [1.29, 1.82) is 0 Å². The van der Waals surface area contributed by atoms with Crippen LogP contribution in [0.15, 0.2) is 18.2 Å². The number of piperidine rings is 1. The molecule has 2 N–H and O–H groups in total. The van der Waals surface area contributed by atoms with Crippen molar-refractivity contribution in [1.82, 2.24) is 10.2 Å². The van der Waals surface area contributed by atoms with Crippen LogP contribution in [0.5, 0.6) is 11.5 Å². The van der Waals surface area contributed by atoms with E-state index in [-0.39, 0.29) is 6.03 Å². The average molecular weight is 322 g/mol. The fourth-order valence-electron chi connectivity index (χ4n) is 2.83. The van der Waals surface area contributed by atoms with Crippen LogP contribution in [-0.4, -0.2) is 48.9 Å². The molecule has 1 fully saturated rings. The monoisotopic (exact) mass is 322 g/mol. The van der Waals surface area contributed by atoms with Crippen molar-refractivity contribution in [2.45, 2.75) is 38.3 Å². The molecule has 0 unspecified atom stereocenters. The summed E-state index contributed by atoms with van der Waals surface area (Å²) < 4.78 is 10.5. The Kier molecular flexibility index (Phi) is 5.71. The lowest BCUT2D eigenvalue weighted by atomic mass is 9.90. The minimum atomic E-state index is -0.755. The van der Waals surface area contributed by atoms with E-state index in [1.165, 1.54) is 0 Å². The van der Waals surface area contributed by atoms with Gasteiger partial charge in [-0.05, 0) is 37.0 Å². The molecule has 1 aromatic carbocycles. The third-order valence-corrected chi connectivity index (χ3v) is 4.36. The van der Waals surface area contributed by atoms with Gasteiger partial charge in [0, 0.05) is 19.2 Å². The molecule has 128 valence electrons. The summed E-state index contributed by atoms with van der Waals surface area (Å²) in [4.78, 5) is 14.0. The number of hydrogen-bond donors (Lipinski definition) is 2. The van der Waals surface area contributed by atoms with Gasteiger partial charge in [0.25, 0.3) is 0 Å². The number of carbonyl (C=O) groups excluding carboxylic acids is 1. The Hall–Kier alpha value is -1.95. The van der Waals surface area contributed by atoms with Crippen molar-refractivity contribution in [3.63, 3.8) is 0 Å². The number of carbonyl (C=O) groups is 1. The van der Waals surface area contributed by atoms with E-state index < -0.39 is 5.60 Å². The molecule has 0 aliphatic carbocycles. The highest BCUT2D eigenvalue weighted by atomic mass is 16.5. The first-order valence-electron chi connectivity index (χ1n) is 7.97. The Balaban J connectivity index is 1.96. The summed E-state index contributed by atoms with van der Waals surface area (Å²) in [6.45, 7) is 3.39. The maximum atomic E-state index is 12.3. The van der Waals surface area contributed by atoms with Gasteiger partial charge in [-0.25, -0.2) is 4.79 Å². The summed E-state index contributed by atoms with van der Waals surface area (Å²) in [5, 5.41) is 13.3. The standard InChI is InChI=1S/C17H26N2O4/c1-4-17(21)6-5-7-19(12-17)16(20)18-11-13-8-14(22-2)10-15(9-13)23-3/h8-10,21H,4-7,11-12H2,1-3H3,(H,18,20)/t17-/m1/s1. The van der Waals surface area contributed by atoms with E-state index >= 15 is 0 Å². The van der Waals surface area contributed by atoms with Crippen LogP contribution in [0, 0.1) is 0 Å². The molecule has 1 aliphatic heterocycles. The highest BCUT2D eigenvalue weighted by molar-refractivity contribution is 5.74. The van der Waals surface area contributed by atoms with Gasteiger partial charge in [0.1, 0.15) is 11.5 Å². The zero-order chi connectivity index (χ0) is 16.9. The summed E-state index contributed by atoms with van der Waals surface area (Å²) in [6.07, 6.45) is 2.23. The van der Waals surface area contributed by atoms with Crippen molar-refractivity contribution in [2.24, 2.45) is 0 Å². The number of urea groups is 1. The quantitative estimate of drug-likeness (QED) is 0.871. The topological polar surface area (TPSA) is 71.0 Å². The van der Waals surface area contributed by atoms with Crippen LogP contribution in [0.4, 0.5) is 4.79 Å². The van der Waals surface area contributed by atoms with Crippen molar-refractivity contribution in [3.8, 4) is 11.5 Å². The second-order valence-electron chi connectivity index (χ2n) is 5.98. The molecule has 0 bridgehead atoms. The maximum absolute atomic E-state index is 12.3. The number of benzene rings is 1. The molecule has 1 aliphatic rings. The zero-order valence-electron chi connectivity index (χ0n) is 14.1. The largest absolute Gasteiger partial charge is 0.497 e. The van der Waals surface area contributed by atoms with E-state index in [9.17, 15) is 9.90 Å². The summed E-state index contributed by atoms with van der Waals surface area (Å²) in [7, 11) is 3.19. The van der Waals surface area contributed by atoms with Gasteiger partial charge >= 0.3 is 6.03 Å². The number of likely N-dealkylation sites (tertiary alicyclic amines) is 1. The second kappa shape index (κ2) is 7.55. The Labute approximate surface area is 137 Å². The van der Waals surface area contributed by atoms with Gasteiger partial charge < -0.3 is 24.8 Å². The van der Waals surface area contributed by atoms with Crippen LogP contribution in [0.25, 0.3) is 0 Å². The van der Waals surface area contributed by atoms with Crippen molar-refractivity contribution >= 4 is 6.03 Å². The van der Waals surface area contributed by atoms with Crippen LogP contribution in [-0.2, 0) is 6.54 Å². The van der Waals surface area contributed by atoms with Crippen molar-refractivity contribution < 1.29 is 19.4 Å². The zero-order valence-corrected chi connectivity index (χ0v) is 14.1. The van der Waals surface area contributed by atoms with E-state index in [2.05, 4.69) is 5.32 Å². The third-order valence-electron chi connectivity index (χ3n) is 4.36. The number of nitrogens with one attached hydrogen (secondary N) is 1. The molecule has 23 heavy (non-hydrogen) atoms. The number of amides is 2. The molecule has 6 nitrogen and oxygen atoms in total. The lowest BCUT2D eigenvalue weighted by Gasteiger charge is -2.38. The molecule has 0 saturated carbocycles. The van der Waals surface area contributed by atoms with Gasteiger partial charge in [0.05, 0.1) is 26.4 Å². The molecular formula is C17H26N2O4. The maximum Gasteiger partial charge on any atom is 0.317 e. The Bertz CT molecular complexity index is 527. The molecule has 0 spiro atoms. The number of ether oxygens (including phenoxy) is 2. The number of β-amino-alcohol motifs (C(OH)–C–C–N with tert-alkyl or cyclic N) is 1. The molecule has 6 heteroatoms. The van der Waals surface area contributed by atoms with Crippen LogP contribution in [0.2, 0.25) is 0 Å². The first kappa shape index (κ1) is 17.4. The molecule has 0 radical (unpaired) electrons. The molecule has 1 heterocycles. The van der Waals surface area contributed by atoms with Crippen molar-refractivity contribution in [2.75, 3.05) is 27.3 Å². The highest BCUT2D eigenvalue weighted by Gasteiger charge is 2.33. The first-order chi connectivity index (χ1) is 11.0. The Morgan fingerprint density at radius 3 is 2.52 bits per heavy atom. The van der Waals surface area contributed by atoms with Gasteiger partial charge in [-0.3, -0.25) is 0 Å². The lowest BCUT2D eigenvalue weighted by Crippen LogP contribution is -2.52. The van der Waals surface area contributed by atoms with E-state index in [1.54, 1.807) is 25.2 Å². The molecular weight excluding hydrogens is 296 g/mol. The normalized spacial score (nSPS) is 21.0. The lowest BCUT2D eigenvalue weighted by molar-refractivity contribution is -0.0211. The van der Waals surface area contributed by atoms with Crippen LogP contribution in [0.3, 0.4) is 0 Å². The molecule has 1 atom stereocenters. The van der Waals surface area contributed by atoms with E-state index in [0.717, 1.165) is 18.4 Å². The number of rotatable bonds is 5. The van der Waals surface area contributed by atoms with Crippen LogP contribution < -0.4 is 14.8 Å². The van der Waals surface area contributed by atoms with Gasteiger partial charge in [-0.15, -0.1) is 0 Å². The smallest absolute Gasteiger partial charge is 0.317 e. The Morgan fingerprint density at radius 1 is 1.30 bits per heavy atom. The summed E-state index contributed by atoms with van der Waals surface area (Å²) in [6, 6.07) is 5.36. The van der Waals surface area contributed by atoms with Crippen LogP contribution in [0.1, 0.15) is 31.7 Å². The molecule has 1 saturated heterocycles. The minimum absolute atomic E-state index is 0.154. The number of nitrogens with zero attached hydrogens (tertiary/aromatic N) is 1. The van der Waals surface area contributed by atoms with Gasteiger partial charge in [-0.2, -0.15) is 0 Å². The van der Waals surface area contributed by atoms with Crippen molar-refractivity contribution in [3.05, 3.63) is 23.8 Å². The van der Waals surface area contributed by atoms with E-state index in [4.69, 9.17) is 9.47 Å². The SMILES string of the molecule is CC[C@@]1(O)CCCN(C(=O)NCc2cc(OC)cc(OC)c2)C1. The van der Waals surface area contributed by atoms with Gasteiger partial charge in [0.2, 0.25) is 0 Å². The number of methoxy groups -OCH3 is 2. The third kappa shape index (κ3) is 4.51. The van der Waals surface area contributed by atoms with E-state index in [0.29, 0.717) is 37.6 Å². The molecule has 2 rings (SSSR count). The second-order valence-corrected chi connectivity index (χ2v) is 5.98. The predicted octanol–water partition coefficient (Wildman–Crippen LogP) is 2.15. The fraction of sp³-hybridized carbons (Fsp3) is 0.588. The summed E-state index contributed by atoms with van der Waals surface area (Å²) >= 11 is 0. The van der Waals surface area contributed by atoms with Crippen LogP contribution >= 0.6 is 0 Å². The predicted molar refractivity (Wildman–Crippen MR) is 87.8 cm³/mol. The molecule has 0 aromatic heterocycles. The number of aliphatic hydroxyl groups is 1. The summed E-state index contributed by atoms with van der Waals surface area (Å²) in [5.41, 5.74) is 0.145. The highest BCUT2D eigenvalue weighted by Crippen LogP contribution is 2.25. The summed E-state index contributed by atoms with van der Waals surface area (Å²) in [5.74, 6) is 1.37. The van der Waals surface area contributed by atoms with Gasteiger partial charge in [-0.1, -0.05) is 6.92 Å². The molecule has 1 aromatic rings. The Morgan fingerprint density at radius 2 is 1.96 bits per heavy atom. The average Bonchev–Trinajstić information content (AvgIpc) is 2.59. The van der Waals surface area contributed by atoms with Gasteiger partial charge in [0.15, 0.2) is 0 Å². The fourth-order valence-corrected chi connectivity index (χ4v) is 2.83. The van der Waals surface area contributed by atoms with E-state index in [1.807, 2.05) is 19.1 Å². The minimum Gasteiger partial charge on any atom is -0.497 e. The first-order valence-corrected chi connectivity index (χ1v) is 7.97. The molecule has 2 amide bonds.